The molecule has 1 amide bonds. The number of carboxylic acid groups (broad SMARTS) is 1. The fourth-order valence-electron chi connectivity index (χ4n) is 3.47. The van der Waals surface area contributed by atoms with Crippen molar-refractivity contribution < 1.29 is 14.7 Å². The number of hydrogen-bond acceptors (Lipinski definition) is 2. The predicted molar refractivity (Wildman–Crippen MR) is 72.7 cm³/mol. The van der Waals surface area contributed by atoms with Gasteiger partial charge in [-0.2, -0.15) is 0 Å². The van der Waals surface area contributed by atoms with Gasteiger partial charge in [0.25, 0.3) is 0 Å². The van der Waals surface area contributed by atoms with E-state index in [2.05, 4.69) is 6.92 Å². The maximum Gasteiger partial charge on any atom is 0.311 e. The van der Waals surface area contributed by atoms with Crippen molar-refractivity contribution in [3.8, 4) is 0 Å². The number of carboxylic acids is 1. The summed E-state index contributed by atoms with van der Waals surface area (Å²) in [6.45, 7) is 4.98. The van der Waals surface area contributed by atoms with Gasteiger partial charge >= 0.3 is 5.97 Å². The van der Waals surface area contributed by atoms with Crippen molar-refractivity contribution in [3.63, 3.8) is 0 Å². The standard InChI is InChI=1S/C15H25NO3/c1-11-4-3-5-12(8-11)9-13(17)16-7-6-15(2,10-16)14(18)19/h11-12H,3-10H2,1-2H3,(H,18,19). The molecule has 3 atom stereocenters. The van der Waals surface area contributed by atoms with Crippen molar-refractivity contribution >= 4 is 11.9 Å². The quantitative estimate of drug-likeness (QED) is 0.855. The zero-order valence-corrected chi connectivity index (χ0v) is 12.0. The topological polar surface area (TPSA) is 57.6 Å². The molecule has 0 aromatic rings. The zero-order chi connectivity index (χ0) is 14.0. The normalized spacial score (nSPS) is 35.4. The minimum absolute atomic E-state index is 0.157. The summed E-state index contributed by atoms with van der Waals surface area (Å²) in [4.78, 5) is 25.2. The average Bonchev–Trinajstić information content (AvgIpc) is 2.73. The third-order valence-corrected chi connectivity index (χ3v) is 4.85. The van der Waals surface area contributed by atoms with Gasteiger partial charge in [0, 0.05) is 19.5 Å². The summed E-state index contributed by atoms with van der Waals surface area (Å²) in [5.41, 5.74) is -0.741. The lowest BCUT2D eigenvalue weighted by Gasteiger charge is -2.28. The van der Waals surface area contributed by atoms with Crippen molar-refractivity contribution in [1.29, 1.82) is 0 Å². The average molecular weight is 267 g/mol. The maximum atomic E-state index is 12.3. The molecule has 1 aliphatic heterocycles. The molecule has 2 fully saturated rings. The molecular weight excluding hydrogens is 242 g/mol. The Hall–Kier alpha value is -1.06. The molecule has 3 unspecified atom stereocenters. The van der Waals surface area contributed by atoms with Crippen LogP contribution in [0.25, 0.3) is 0 Å². The Bertz CT molecular complexity index is 368. The minimum Gasteiger partial charge on any atom is -0.481 e. The van der Waals surface area contributed by atoms with E-state index in [0.29, 0.717) is 31.8 Å². The number of likely N-dealkylation sites (tertiary alicyclic amines) is 1. The molecule has 1 saturated heterocycles. The SMILES string of the molecule is CC1CCCC(CC(=O)N2CCC(C)(C(=O)O)C2)C1. The molecule has 0 aromatic carbocycles. The van der Waals surface area contributed by atoms with Crippen molar-refractivity contribution in [2.45, 2.75) is 52.4 Å². The molecule has 1 N–H and O–H groups in total. The molecule has 2 rings (SSSR count). The Morgan fingerprint density at radius 1 is 1.37 bits per heavy atom. The van der Waals surface area contributed by atoms with Gasteiger partial charge in [-0.15, -0.1) is 0 Å². The fourth-order valence-corrected chi connectivity index (χ4v) is 3.47. The number of rotatable bonds is 3. The second-order valence-electron chi connectivity index (χ2n) is 6.77. The molecule has 1 heterocycles. The van der Waals surface area contributed by atoms with Crippen LogP contribution < -0.4 is 0 Å². The van der Waals surface area contributed by atoms with Crippen LogP contribution in [0.5, 0.6) is 0 Å². The van der Waals surface area contributed by atoms with Crippen molar-refractivity contribution in [2.24, 2.45) is 17.3 Å². The first-order valence-corrected chi connectivity index (χ1v) is 7.42. The van der Waals surface area contributed by atoms with E-state index in [1.807, 2.05) is 0 Å². The molecule has 19 heavy (non-hydrogen) atoms. The van der Waals surface area contributed by atoms with Gasteiger partial charge in [-0.1, -0.05) is 19.8 Å². The summed E-state index contributed by atoms with van der Waals surface area (Å²) in [6, 6.07) is 0. The number of amides is 1. The lowest BCUT2D eigenvalue weighted by molar-refractivity contribution is -0.147. The van der Waals surface area contributed by atoms with E-state index in [1.165, 1.54) is 12.8 Å². The highest BCUT2D eigenvalue weighted by Crippen LogP contribution is 2.34. The van der Waals surface area contributed by atoms with Gasteiger partial charge < -0.3 is 10.0 Å². The molecule has 1 saturated carbocycles. The first-order chi connectivity index (χ1) is 8.90. The summed E-state index contributed by atoms with van der Waals surface area (Å²) in [5.74, 6) is 0.612. The van der Waals surface area contributed by atoms with E-state index < -0.39 is 11.4 Å². The highest BCUT2D eigenvalue weighted by Gasteiger charge is 2.42. The smallest absolute Gasteiger partial charge is 0.311 e. The second-order valence-corrected chi connectivity index (χ2v) is 6.77. The molecule has 0 bridgehead atoms. The van der Waals surface area contributed by atoms with E-state index in [-0.39, 0.29) is 5.91 Å². The van der Waals surface area contributed by atoms with E-state index in [4.69, 9.17) is 0 Å². The fraction of sp³-hybridized carbons (Fsp3) is 0.867. The van der Waals surface area contributed by atoms with Gasteiger partial charge in [-0.3, -0.25) is 9.59 Å². The number of carbonyl (C=O) groups is 2. The second kappa shape index (κ2) is 5.51. The Labute approximate surface area is 115 Å². The van der Waals surface area contributed by atoms with Gasteiger partial charge in [0.05, 0.1) is 5.41 Å². The number of aliphatic carboxylic acids is 1. The van der Waals surface area contributed by atoms with E-state index in [0.717, 1.165) is 18.8 Å². The Balaban J connectivity index is 1.86. The number of nitrogens with zero attached hydrogens (tertiary/aromatic N) is 1. The third-order valence-electron chi connectivity index (χ3n) is 4.85. The molecule has 2 aliphatic rings. The molecule has 0 radical (unpaired) electrons. The monoisotopic (exact) mass is 267 g/mol. The molecule has 4 nitrogen and oxygen atoms in total. The third kappa shape index (κ3) is 3.28. The molecule has 108 valence electrons. The molecule has 1 aliphatic carbocycles. The van der Waals surface area contributed by atoms with Crippen LogP contribution in [0.2, 0.25) is 0 Å². The maximum absolute atomic E-state index is 12.3. The lowest BCUT2D eigenvalue weighted by atomic mass is 9.80. The van der Waals surface area contributed by atoms with Crippen molar-refractivity contribution in [3.05, 3.63) is 0 Å². The van der Waals surface area contributed by atoms with Gasteiger partial charge in [-0.05, 0) is 38.0 Å². The van der Waals surface area contributed by atoms with Crippen LogP contribution in [0.4, 0.5) is 0 Å². The lowest BCUT2D eigenvalue weighted by Crippen LogP contribution is -2.35. The van der Waals surface area contributed by atoms with Crippen molar-refractivity contribution in [1.82, 2.24) is 4.90 Å². The Morgan fingerprint density at radius 2 is 2.11 bits per heavy atom. The van der Waals surface area contributed by atoms with Gasteiger partial charge in [0.1, 0.15) is 0 Å². The van der Waals surface area contributed by atoms with E-state index in [1.54, 1.807) is 11.8 Å². The molecule has 0 spiro atoms. The summed E-state index contributed by atoms with van der Waals surface area (Å²) in [5, 5.41) is 9.19. The van der Waals surface area contributed by atoms with Crippen LogP contribution in [0.1, 0.15) is 52.4 Å². The van der Waals surface area contributed by atoms with Crippen LogP contribution >= 0.6 is 0 Å². The van der Waals surface area contributed by atoms with Crippen LogP contribution in [0, 0.1) is 17.3 Å². The Morgan fingerprint density at radius 3 is 2.68 bits per heavy atom. The first-order valence-electron chi connectivity index (χ1n) is 7.42. The molecule has 4 heteroatoms. The van der Waals surface area contributed by atoms with Gasteiger partial charge in [0.2, 0.25) is 5.91 Å². The van der Waals surface area contributed by atoms with E-state index in [9.17, 15) is 14.7 Å². The van der Waals surface area contributed by atoms with Crippen LogP contribution in [-0.2, 0) is 9.59 Å². The summed E-state index contributed by atoms with van der Waals surface area (Å²) < 4.78 is 0. The van der Waals surface area contributed by atoms with Crippen molar-refractivity contribution in [2.75, 3.05) is 13.1 Å². The summed E-state index contributed by atoms with van der Waals surface area (Å²) in [7, 11) is 0. The highest BCUT2D eigenvalue weighted by molar-refractivity contribution is 5.80. The minimum atomic E-state index is -0.783. The predicted octanol–water partition coefficient (Wildman–Crippen LogP) is 2.53. The van der Waals surface area contributed by atoms with Crippen LogP contribution in [0.3, 0.4) is 0 Å². The van der Waals surface area contributed by atoms with E-state index >= 15 is 0 Å². The highest BCUT2D eigenvalue weighted by atomic mass is 16.4. The molecular formula is C15H25NO3. The van der Waals surface area contributed by atoms with Gasteiger partial charge in [0.15, 0.2) is 0 Å². The Kier molecular flexibility index (Phi) is 4.16. The summed E-state index contributed by atoms with van der Waals surface area (Å²) >= 11 is 0. The molecule has 0 aromatic heterocycles. The largest absolute Gasteiger partial charge is 0.481 e. The van der Waals surface area contributed by atoms with Crippen LogP contribution in [-0.4, -0.2) is 35.0 Å². The number of carbonyl (C=O) groups excluding carboxylic acids is 1. The summed E-state index contributed by atoms with van der Waals surface area (Å²) in [6.07, 6.45) is 6.00. The van der Waals surface area contributed by atoms with Crippen LogP contribution in [0.15, 0.2) is 0 Å². The van der Waals surface area contributed by atoms with Gasteiger partial charge in [-0.25, -0.2) is 0 Å². The number of hydrogen-bond donors (Lipinski definition) is 1. The first kappa shape index (κ1) is 14.4. The zero-order valence-electron chi connectivity index (χ0n) is 12.0.